The Morgan fingerprint density at radius 1 is 1.38 bits per heavy atom. The van der Waals surface area contributed by atoms with Crippen molar-refractivity contribution in [1.82, 2.24) is 0 Å². The average molecular weight is 186 g/mol. The summed E-state index contributed by atoms with van der Waals surface area (Å²) in [5, 5.41) is 0. The van der Waals surface area contributed by atoms with Crippen LogP contribution in [0, 0.1) is 11.6 Å². The van der Waals surface area contributed by atoms with Gasteiger partial charge in [0, 0.05) is 0 Å². The number of benzene rings is 1. The first-order chi connectivity index (χ1) is 6.16. The summed E-state index contributed by atoms with van der Waals surface area (Å²) < 4.78 is 30.2. The normalized spacial score (nSPS) is 9.77. The third-order valence-electron chi connectivity index (χ3n) is 1.44. The minimum atomic E-state index is -0.974. The smallest absolute Gasteiger partial charge is 0.344 e. The summed E-state index contributed by atoms with van der Waals surface area (Å²) in [5.41, 5.74) is -0.635. The molecule has 0 aliphatic carbocycles. The predicted molar refractivity (Wildman–Crippen MR) is 42.3 cm³/mol. The highest BCUT2D eigenvalue weighted by atomic mass is 19.1. The first-order valence-corrected chi connectivity index (χ1v) is 3.78. The number of hydrogen-bond acceptors (Lipinski definition) is 2. The van der Waals surface area contributed by atoms with Gasteiger partial charge in [-0.2, -0.15) is 0 Å². The van der Waals surface area contributed by atoms with Gasteiger partial charge in [0.1, 0.15) is 17.2 Å². The van der Waals surface area contributed by atoms with Gasteiger partial charge in [-0.3, -0.25) is 0 Å². The van der Waals surface area contributed by atoms with E-state index >= 15 is 0 Å². The van der Waals surface area contributed by atoms with Crippen molar-refractivity contribution in [3.8, 4) is 0 Å². The van der Waals surface area contributed by atoms with E-state index in [9.17, 15) is 13.6 Å². The third kappa shape index (κ3) is 2.02. The Morgan fingerprint density at radius 2 is 1.92 bits per heavy atom. The minimum absolute atomic E-state index is 0.0899. The molecule has 0 atom stereocenters. The zero-order valence-electron chi connectivity index (χ0n) is 7.01. The van der Waals surface area contributed by atoms with Crippen LogP contribution in [-0.2, 0) is 4.74 Å². The Balaban J connectivity index is 3.05. The van der Waals surface area contributed by atoms with Crippen LogP contribution in [0.5, 0.6) is 0 Å². The molecule has 0 radical (unpaired) electrons. The summed E-state index contributed by atoms with van der Waals surface area (Å²) in [4.78, 5) is 11.0. The molecule has 0 heterocycles. The van der Waals surface area contributed by atoms with E-state index < -0.39 is 23.2 Å². The summed E-state index contributed by atoms with van der Waals surface area (Å²) in [5.74, 6) is -2.78. The van der Waals surface area contributed by atoms with Crippen LogP contribution in [0.2, 0.25) is 0 Å². The molecule has 0 saturated carbocycles. The van der Waals surface area contributed by atoms with Crippen molar-refractivity contribution in [3.63, 3.8) is 0 Å². The number of carbonyl (C=O) groups is 1. The zero-order valence-corrected chi connectivity index (χ0v) is 7.01. The quantitative estimate of drug-likeness (QED) is 0.661. The largest absolute Gasteiger partial charge is 0.462 e. The maximum atomic E-state index is 12.9. The van der Waals surface area contributed by atoms with E-state index in [0.717, 1.165) is 12.1 Å². The van der Waals surface area contributed by atoms with Crippen LogP contribution < -0.4 is 0 Å². The lowest BCUT2D eigenvalue weighted by Gasteiger charge is -2.03. The van der Waals surface area contributed by atoms with Crippen molar-refractivity contribution >= 4 is 5.97 Å². The van der Waals surface area contributed by atoms with Crippen molar-refractivity contribution in [2.24, 2.45) is 0 Å². The topological polar surface area (TPSA) is 26.3 Å². The van der Waals surface area contributed by atoms with E-state index in [2.05, 4.69) is 4.74 Å². The van der Waals surface area contributed by atoms with Gasteiger partial charge in [-0.15, -0.1) is 0 Å². The molecule has 1 rings (SSSR count). The highest BCUT2D eigenvalue weighted by molar-refractivity contribution is 5.89. The second-order valence-corrected chi connectivity index (χ2v) is 2.32. The molecule has 0 N–H and O–H groups in total. The van der Waals surface area contributed by atoms with Gasteiger partial charge in [0.15, 0.2) is 0 Å². The van der Waals surface area contributed by atoms with Crippen molar-refractivity contribution in [1.29, 1.82) is 0 Å². The number of ether oxygens (including phenoxy) is 1. The fourth-order valence-corrected chi connectivity index (χ4v) is 0.896. The van der Waals surface area contributed by atoms with Gasteiger partial charge in [-0.25, -0.2) is 13.6 Å². The average Bonchev–Trinajstić information content (AvgIpc) is 2.04. The number of esters is 1. The van der Waals surface area contributed by atoms with Crippen molar-refractivity contribution < 1.29 is 18.3 Å². The molecule has 0 bridgehead atoms. The van der Waals surface area contributed by atoms with Gasteiger partial charge in [-0.05, 0) is 19.1 Å². The maximum absolute atomic E-state index is 12.9. The Morgan fingerprint density at radius 3 is 2.38 bits per heavy atom. The molecular weight excluding hydrogens is 178 g/mol. The molecule has 0 fully saturated rings. The lowest BCUT2D eigenvalue weighted by atomic mass is 10.2. The molecule has 0 aliphatic heterocycles. The highest BCUT2D eigenvalue weighted by Gasteiger charge is 2.17. The van der Waals surface area contributed by atoms with Gasteiger partial charge in [0.05, 0.1) is 6.61 Å². The number of rotatable bonds is 2. The van der Waals surface area contributed by atoms with Gasteiger partial charge in [0.25, 0.3) is 0 Å². The van der Waals surface area contributed by atoms with Crippen LogP contribution >= 0.6 is 0 Å². The van der Waals surface area contributed by atoms with E-state index in [1.54, 1.807) is 6.92 Å². The molecule has 0 unspecified atom stereocenters. The van der Waals surface area contributed by atoms with Gasteiger partial charge in [-0.1, -0.05) is 6.07 Å². The van der Waals surface area contributed by atoms with Gasteiger partial charge < -0.3 is 4.74 Å². The van der Waals surface area contributed by atoms with Crippen molar-refractivity contribution in [3.05, 3.63) is 35.4 Å². The molecule has 0 amide bonds. The molecule has 1 aromatic carbocycles. The molecule has 1 aromatic rings. The first-order valence-electron chi connectivity index (χ1n) is 3.78. The van der Waals surface area contributed by atoms with Gasteiger partial charge >= 0.3 is 5.97 Å². The van der Waals surface area contributed by atoms with E-state index in [4.69, 9.17) is 0 Å². The second kappa shape index (κ2) is 3.98. The molecule has 2 nitrogen and oxygen atoms in total. The molecule has 70 valence electrons. The zero-order chi connectivity index (χ0) is 9.84. The lowest BCUT2D eigenvalue weighted by Crippen LogP contribution is -2.09. The van der Waals surface area contributed by atoms with Crippen LogP contribution in [0.4, 0.5) is 8.78 Å². The predicted octanol–water partition coefficient (Wildman–Crippen LogP) is 2.14. The number of hydrogen-bond donors (Lipinski definition) is 0. The summed E-state index contributed by atoms with van der Waals surface area (Å²) in [6, 6.07) is 3.21. The maximum Gasteiger partial charge on any atom is 0.344 e. The fraction of sp³-hybridized carbons (Fsp3) is 0.222. The van der Waals surface area contributed by atoms with Crippen LogP contribution in [0.1, 0.15) is 17.3 Å². The Labute approximate surface area is 74.1 Å². The van der Waals surface area contributed by atoms with Crippen LogP contribution in [0.3, 0.4) is 0 Å². The molecule has 13 heavy (non-hydrogen) atoms. The third-order valence-corrected chi connectivity index (χ3v) is 1.44. The number of halogens is 2. The Kier molecular flexibility index (Phi) is 2.95. The monoisotopic (exact) mass is 186 g/mol. The van der Waals surface area contributed by atoms with E-state index in [0.29, 0.717) is 0 Å². The highest BCUT2D eigenvalue weighted by Crippen LogP contribution is 2.12. The Hall–Kier alpha value is -1.45. The summed E-state index contributed by atoms with van der Waals surface area (Å²) in [7, 11) is 0. The van der Waals surface area contributed by atoms with Crippen LogP contribution in [0.15, 0.2) is 18.2 Å². The second-order valence-electron chi connectivity index (χ2n) is 2.32. The molecule has 0 aromatic heterocycles. The van der Waals surface area contributed by atoms with E-state index in [-0.39, 0.29) is 6.61 Å². The fourth-order valence-electron chi connectivity index (χ4n) is 0.896. The summed E-state index contributed by atoms with van der Waals surface area (Å²) in [6.45, 7) is 1.66. The van der Waals surface area contributed by atoms with Crippen molar-refractivity contribution in [2.45, 2.75) is 6.92 Å². The Bertz CT molecular complexity index is 303. The molecule has 0 saturated heterocycles. The molecular formula is C9H8F2O2. The van der Waals surface area contributed by atoms with Crippen molar-refractivity contribution in [2.75, 3.05) is 6.61 Å². The van der Waals surface area contributed by atoms with Crippen LogP contribution in [0.25, 0.3) is 0 Å². The lowest BCUT2D eigenvalue weighted by molar-refractivity contribution is 0.0515. The van der Waals surface area contributed by atoms with Gasteiger partial charge in [0.2, 0.25) is 0 Å². The van der Waals surface area contributed by atoms with Crippen LogP contribution in [-0.4, -0.2) is 12.6 Å². The summed E-state index contributed by atoms with van der Waals surface area (Å²) in [6.07, 6.45) is 0. The standard InChI is InChI=1S/C9H8F2O2/c1-2-13-9(12)8-6(10)4-3-5-7(8)11/h3-5H,2H2,1H3. The first kappa shape index (κ1) is 9.64. The van der Waals surface area contributed by atoms with E-state index in [1.807, 2.05) is 0 Å². The number of carbonyl (C=O) groups excluding carboxylic acids is 1. The molecule has 0 spiro atoms. The minimum Gasteiger partial charge on any atom is -0.462 e. The van der Waals surface area contributed by atoms with E-state index in [1.165, 1.54) is 6.07 Å². The molecule has 4 heteroatoms. The SMILES string of the molecule is CCOC(=O)c1c(F)cccc1F. The molecule has 0 aliphatic rings. The summed E-state index contributed by atoms with van der Waals surface area (Å²) >= 11 is 0.